The van der Waals surface area contributed by atoms with E-state index >= 15 is 0 Å². The molecule has 0 bridgehead atoms. The van der Waals surface area contributed by atoms with Crippen molar-refractivity contribution in [3.63, 3.8) is 0 Å². The number of amides is 1. The zero-order valence-corrected chi connectivity index (χ0v) is 19.8. The number of anilines is 1. The molecule has 1 heterocycles. The fraction of sp³-hybridized carbons (Fsp3) is 0.263. The minimum atomic E-state index is -3.87. The SMILES string of the molecule is COC(=O)N(c1ccccc1)[C@H]1C[C@@H](NS(=O)(=O)c2cc(Br)ccc2Br)CN1C#N. The van der Waals surface area contributed by atoms with Gasteiger partial charge in [-0.15, -0.1) is 0 Å². The summed E-state index contributed by atoms with van der Waals surface area (Å²) in [5, 5.41) is 9.61. The number of nitriles is 1. The number of sulfonamides is 1. The van der Waals surface area contributed by atoms with E-state index in [-0.39, 0.29) is 17.9 Å². The van der Waals surface area contributed by atoms with Crippen molar-refractivity contribution in [2.24, 2.45) is 0 Å². The highest BCUT2D eigenvalue weighted by Gasteiger charge is 2.41. The molecular formula is C19H18Br2N4O4S. The topological polar surface area (TPSA) is 103 Å². The second-order valence-electron chi connectivity index (χ2n) is 6.54. The molecule has 11 heteroatoms. The molecule has 158 valence electrons. The van der Waals surface area contributed by atoms with Crippen LogP contribution in [0.2, 0.25) is 0 Å². The molecule has 1 saturated heterocycles. The second kappa shape index (κ2) is 9.34. The Balaban J connectivity index is 1.87. The lowest BCUT2D eigenvalue weighted by atomic mass is 10.2. The lowest BCUT2D eigenvalue weighted by molar-refractivity contribution is 0.170. The van der Waals surface area contributed by atoms with Crippen LogP contribution in [0.3, 0.4) is 0 Å². The van der Waals surface area contributed by atoms with Gasteiger partial charge in [-0.2, -0.15) is 5.26 Å². The highest BCUT2D eigenvalue weighted by Crippen LogP contribution is 2.30. The maximum Gasteiger partial charge on any atom is 0.415 e. The minimum absolute atomic E-state index is 0.0803. The number of ether oxygens (including phenoxy) is 1. The molecule has 2 aromatic carbocycles. The molecule has 30 heavy (non-hydrogen) atoms. The molecule has 0 saturated carbocycles. The number of carbonyl (C=O) groups is 1. The quantitative estimate of drug-likeness (QED) is 0.563. The van der Waals surface area contributed by atoms with Crippen LogP contribution in [0.15, 0.2) is 62.4 Å². The molecule has 0 unspecified atom stereocenters. The number of methoxy groups -OCH3 is 1. The minimum Gasteiger partial charge on any atom is -0.452 e. The van der Waals surface area contributed by atoms with Crippen molar-refractivity contribution in [1.29, 1.82) is 5.26 Å². The number of rotatable bonds is 5. The van der Waals surface area contributed by atoms with E-state index in [4.69, 9.17) is 4.74 Å². The number of nitrogens with one attached hydrogen (secondary N) is 1. The molecule has 2 atom stereocenters. The van der Waals surface area contributed by atoms with Gasteiger partial charge in [0.1, 0.15) is 6.17 Å². The monoisotopic (exact) mass is 556 g/mol. The molecule has 1 aliphatic rings. The van der Waals surface area contributed by atoms with Gasteiger partial charge in [0.25, 0.3) is 0 Å². The van der Waals surface area contributed by atoms with Crippen LogP contribution in [0.25, 0.3) is 0 Å². The van der Waals surface area contributed by atoms with Crippen molar-refractivity contribution in [2.45, 2.75) is 23.5 Å². The first-order chi connectivity index (χ1) is 14.3. The van der Waals surface area contributed by atoms with Crippen molar-refractivity contribution in [1.82, 2.24) is 9.62 Å². The molecule has 1 aliphatic heterocycles. The third-order valence-electron chi connectivity index (χ3n) is 4.61. The van der Waals surface area contributed by atoms with Gasteiger partial charge in [0, 0.05) is 33.6 Å². The van der Waals surface area contributed by atoms with Crippen LogP contribution in [0.1, 0.15) is 6.42 Å². The lowest BCUT2D eigenvalue weighted by Gasteiger charge is -2.31. The van der Waals surface area contributed by atoms with E-state index in [1.807, 2.05) is 6.07 Å². The summed E-state index contributed by atoms with van der Waals surface area (Å²) in [7, 11) is -2.61. The Morgan fingerprint density at radius 1 is 1.27 bits per heavy atom. The number of likely N-dealkylation sites (tertiary alicyclic amines) is 1. The van der Waals surface area contributed by atoms with Crippen molar-refractivity contribution >= 4 is 53.7 Å². The first kappa shape index (κ1) is 22.6. The number of benzene rings is 2. The van der Waals surface area contributed by atoms with E-state index in [0.29, 0.717) is 14.6 Å². The zero-order valence-electron chi connectivity index (χ0n) is 15.8. The van der Waals surface area contributed by atoms with Gasteiger partial charge in [-0.3, -0.25) is 9.80 Å². The highest BCUT2D eigenvalue weighted by molar-refractivity contribution is 9.11. The average Bonchev–Trinajstić information content (AvgIpc) is 3.12. The second-order valence-corrected chi connectivity index (χ2v) is 9.99. The Kier molecular flexibility index (Phi) is 7.02. The molecule has 1 N–H and O–H groups in total. The molecule has 0 radical (unpaired) electrons. The van der Waals surface area contributed by atoms with Crippen LogP contribution < -0.4 is 9.62 Å². The van der Waals surface area contributed by atoms with Gasteiger partial charge in [-0.1, -0.05) is 34.1 Å². The standard InChI is InChI=1S/C19H18Br2N4O4S/c1-29-19(26)25(15-5-3-2-4-6-15)18-10-14(11-24(18)12-22)23-30(27,28)17-9-13(20)7-8-16(17)21/h2-9,14,18,23H,10-11H2,1H3/t14-,18+/m1/s1. The summed E-state index contributed by atoms with van der Waals surface area (Å²) in [4.78, 5) is 15.3. The summed E-state index contributed by atoms with van der Waals surface area (Å²) >= 11 is 6.54. The third kappa shape index (κ3) is 4.78. The number of nitrogens with zero attached hydrogens (tertiary/aromatic N) is 3. The molecule has 1 amide bonds. The summed E-state index contributed by atoms with van der Waals surface area (Å²) in [6, 6.07) is 13.1. The average molecular weight is 558 g/mol. The fourth-order valence-electron chi connectivity index (χ4n) is 3.31. The molecule has 0 aliphatic carbocycles. The van der Waals surface area contributed by atoms with E-state index in [9.17, 15) is 18.5 Å². The summed E-state index contributed by atoms with van der Waals surface area (Å²) in [6.45, 7) is 0.117. The predicted molar refractivity (Wildman–Crippen MR) is 118 cm³/mol. The van der Waals surface area contributed by atoms with E-state index < -0.39 is 28.3 Å². The van der Waals surface area contributed by atoms with E-state index in [0.717, 1.165) is 0 Å². The number of hydrogen-bond donors (Lipinski definition) is 1. The molecule has 2 aromatic rings. The Bertz CT molecular complexity index is 1080. The Morgan fingerprint density at radius 2 is 1.97 bits per heavy atom. The van der Waals surface area contributed by atoms with Gasteiger partial charge >= 0.3 is 6.09 Å². The largest absolute Gasteiger partial charge is 0.452 e. The number of halogens is 2. The van der Waals surface area contributed by atoms with Crippen molar-refractivity contribution in [3.05, 3.63) is 57.5 Å². The van der Waals surface area contributed by atoms with Crippen molar-refractivity contribution in [3.8, 4) is 6.19 Å². The Labute approximate surface area is 191 Å². The number of para-hydroxylation sites is 1. The van der Waals surface area contributed by atoms with E-state index in [2.05, 4.69) is 42.8 Å². The predicted octanol–water partition coefficient (Wildman–Crippen LogP) is 3.64. The van der Waals surface area contributed by atoms with E-state index in [1.54, 1.807) is 36.4 Å². The first-order valence-electron chi connectivity index (χ1n) is 8.83. The Hall–Kier alpha value is -2.13. The summed E-state index contributed by atoms with van der Waals surface area (Å²) in [5.41, 5.74) is 0.549. The van der Waals surface area contributed by atoms with Gasteiger partial charge < -0.3 is 4.74 Å². The molecule has 8 nitrogen and oxygen atoms in total. The van der Waals surface area contributed by atoms with E-state index in [1.165, 1.54) is 23.0 Å². The van der Waals surface area contributed by atoms with Crippen molar-refractivity contribution < 1.29 is 17.9 Å². The molecule has 0 aromatic heterocycles. The fourth-order valence-corrected chi connectivity index (χ4v) is 6.05. The summed E-state index contributed by atoms with van der Waals surface area (Å²) < 4.78 is 34.4. The number of hydrogen-bond acceptors (Lipinski definition) is 6. The van der Waals surface area contributed by atoms with Crippen LogP contribution in [0, 0.1) is 11.5 Å². The zero-order chi connectivity index (χ0) is 21.9. The Morgan fingerprint density at radius 3 is 2.60 bits per heavy atom. The third-order valence-corrected chi connectivity index (χ3v) is 7.62. The summed E-state index contributed by atoms with van der Waals surface area (Å²) in [5.74, 6) is 0. The van der Waals surface area contributed by atoms with Crippen LogP contribution in [-0.2, 0) is 14.8 Å². The van der Waals surface area contributed by atoms with Gasteiger partial charge in [0.2, 0.25) is 10.0 Å². The summed E-state index contributed by atoms with van der Waals surface area (Å²) in [6.07, 6.45) is 0.936. The molecule has 1 fully saturated rings. The lowest BCUT2D eigenvalue weighted by Crippen LogP contribution is -2.46. The van der Waals surface area contributed by atoms with Crippen LogP contribution in [-0.4, -0.2) is 45.3 Å². The molecule has 0 spiro atoms. The van der Waals surface area contributed by atoms with Gasteiger partial charge in [0.05, 0.1) is 12.0 Å². The normalized spacial score (nSPS) is 18.7. The maximum atomic E-state index is 12.9. The van der Waals surface area contributed by atoms with Crippen LogP contribution in [0.5, 0.6) is 0 Å². The highest BCUT2D eigenvalue weighted by atomic mass is 79.9. The van der Waals surface area contributed by atoms with Gasteiger partial charge in [-0.25, -0.2) is 17.9 Å². The van der Waals surface area contributed by atoms with Gasteiger partial charge in [0.15, 0.2) is 6.19 Å². The maximum absolute atomic E-state index is 12.9. The first-order valence-corrected chi connectivity index (χ1v) is 11.9. The smallest absolute Gasteiger partial charge is 0.415 e. The van der Waals surface area contributed by atoms with Crippen molar-refractivity contribution in [2.75, 3.05) is 18.6 Å². The molecular weight excluding hydrogens is 540 g/mol. The van der Waals surface area contributed by atoms with Crippen LogP contribution >= 0.6 is 31.9 Å². The molecule has 3 rings (SSSR count). The van der Waals surface area contributed by atoms with Gasteiger partial charge in [-0.05, 0) is 46.3 Å². The number of carbonyl (C=O) groups excluding carboxylic acids is 1. The van der Waals surface area contributed by atoms with Crippen LogP contribution in [0.4, 0.5) is 10.5 Å².